The summed E-state index contributed by atoms with van der Waals surface area (Å²) in [6, 6.07) is 14.8. The van der Waals surface area contributed by atoms with Crippen molar-refractivity contribution < 1.29 is 4.79 Å². The third-order valence-electron chi connectivity index (χ3n) is 4.13. The van der Waals surface area contributed by atoms with Crippen LogP contribution in [0, 0.1) is 5.41 Å². The Morgan fingerprint density at radius 3 is 2.62 bits per heavy atom. The molecule has 0 aromatic heterocycles. The van der Waals surface area contributed by atoms with Crippen LogP contribution in [0.2, 0.25) is 0 Å². The summed E-state index contributed by atoms with van der Waals surface area (Å²) in [5, 5.41) is 7.56. The van der Waals surface area contributed by atoms with Gasteiger partial charge in [0.15, 0.2) is 0 Å². The van der Waals surface area contributed by atoms with Crippen molar-refractivity contribution in [1.29, 1.82) is 5.41 Å². The van der Waals surface area contributed by atoms with Crippen molar-refractivity contribution in [3.05, 3.63) is 59.7 Å². The maximum absolute atomic E-state index is 12.8. The third kappa shape index (κ3) is 3.43. The Labute approximate surface area is 143 Å². The first-order chi connectivity index (χ1) is 11.5. The molecule has 3 rings (SSSR count). The van der Waals surface area contributed by atoms with Gasteiger partial charge in [-0.05, 0) is 24.1 Å². The Morgan fingerprint density at radius 1 is 1.17 bits per heavy atom. The van der Waals surface area contributed by atoms with Crippen LogP contribution in [0.3, 0.4) is 0 Å². The van der Waals surface area contributed by atoms with Crippen molar-refractivity contribution in [2.24, 2.45) is 5.73 Å². The van der Waals surface area contributed by atoms with E-state index >= 15 is 0 Å². The van der Waals surface area contributed by atoms with E-state index in [9.17, 15) is 4.79 Å². The molecule has 3 N–H and O–H groups in total. The summed E-state index contributed by atoms with van der Waals surface area (Å²) >= 11 is 0. The molecule has 120 valence electrons. The Kier molecular flexibility index (Phi) is 4.56. The first-order valence-electron chi connectivity index (χ1n) is 7.90. The van der Waals surface area contributed by atoms with Crippen LogP contribution in [0.25, 0.3) is 0 Å². The number of nitrogen functional groups attached to an aromatic ring is 1. The minimum atomic E-state index is -0.0289. The Bertz CT molecular complexity index is 760. The average Bonchev–Trinajstić information content (AvgIpc) is 2.59. The van der Waals surface area contributed by atoms with Gasteiger partial charge in [-0.15, -0.1) is 0 Å². The topological polar surface area (TPSA) is 73.4 Å². The first-order valence-corrected chi connectivity index (χ1v) is 7.90. The number of benzene rings is 2. The zero-order valence-corrected chi connectivity index (χ0v) is 13.4. The molecule has 0 atom stereocenters. The minimum Gasteiger partial charge on any atom is -0.384 e. The monoisotopic (exact) mass is 318 g/mol. The Hall–Kier alpha value is -2.76. The number of nitrogens with two attached hydrogens (primary N) is 1. The van der Waals surface area contributed by atoms with Crippen LogP contribution in [-0.4, -0.2) is 37.7 Å². The molecule has 2 radical (unpaired) electrons. The summed E-state index contributed by atoms with van der Waals surface area (Å²) in [5.41, 5.74) is 8.71. The molecule has 1 heterocycles. The maximum atomic E-state index is 12.8. The lowest BCUT2D eigenvalue weighted by atomic mass is 9.95. The van der Waals surface area contributed by atoms with Crippen LogP contribution in [0.15, 0.2) is 48.5 Å². The number of nitrogens with one attached hydrogen (secondary N) is 1. The van der Waals surface area contributed by atoms with Crippen LogP contribution in [0.4, 0.5) is 10.5 Å². The predicted octanol–water partition coefficient (Wildman–Crippen LogP) is 1.60. The van der Waals surface area contributed by atoms with Crippen molar-refractivity contribution in [2.75, 3.05) is 18.0 Å². The fraction of sp³-hybridized carbons (Fsp3) is 0.222. The quantitative estimate of drug-likeness (QED) is 0.510. The molecule has 1 aliphatic heterocycles. The van der Waals surface area contributed by atoms with E-state index in [0.717, 1.165) is 24.2 Å². The molecule has 2 aromatic rings. The number of hydrogen-bond donors (Lipinski definition) is 2. The predicted molar refractivity (Wildman–Crippen MR) is 97.1 cm³/mol. The standard InChI is InChI=1S/C18H19BN4O/c19-15-7-5-13(6-8-15)12-22-9-2-10-23(18(22)24)16-4-1-3-14(11-16)17(20)21/h1,3-8,11H,2,9-10,12H2,(H3,20,21). The van der Waals surface area contributed by atoms with E-state index in [2.05, 4.69) is 0 Å². The molecular weight excluding hydrogens is 299 g/mol. The SMILES string of the molecule is [B]c1ccc(CN2CCCN(c3cccc(C(=N)N)c3)C2=O)cc1. The van der Waals surface area contributed by atoms with Gasteiger partial charge in [-0.25, -0.2) is 4.79 Å². The van der Waals surface area contributed by atoms with Crippen LogP contribution >= 0.6 is 0 Å². The molecule has 1 aliphatic rings. The van der Waals surface area contributed by atoms with Gasteiger partial charge in [-0.3, -0.25) is 10.3 Å². The molecule has 0 spiro atoms. The van der Waals surface area contributed by atoms with E-state index in [4.69, 9.17) is 19.0 Å². The number of nitrogens with zero attached hydrogens (tertiary/aromatic N) is 2. The average molecular weight is 318 g/mol. The van der Waals surface area contributed by atoms with Crippen molar-refractivity contribution in [2.45, 2.75) is 13.0 Å². The molecule has 0 bridgehead atoms. The molecule has 0 saturated carbocycles. The highest BCUT2D eigenvalue weighted by Gasteiger charge is 2.26. The summed E-state index contributed by atoms with van der Waals surface area (Å²) < 4.78 is 0. The molecule has 1 fully saturated rings. The minimum absolute atomic E-state index is 0.0000360. The maximum Gasteiger partial charge on any atom is 0.324 e. The van der Waals surface area contributed by atoms with E-state index in [1.165, 1.54) is 0 Å². The number of carbonyl (C=O) groups is 1. The van der Waals surface area contributed by atoms with Gasteiger partial charge in [0.2, 0.25) is 0 Å². The highest BCUT2D eigenvalue weighted by molar-refractivity contribution is 6.32. The zero-order chi connectivity index (χ0) is 17.1. The fourth-order valence-corrected chi connectivity index (χ4v) is 2.85. The molecule has 2 aromatic carbocycles. The normalized spacial score (nSPS) is 14.8. The molecule has 0 unspecified atom stereocenters. The lowest BCUT2D eigenvalue weighted by Crippen LogP contribution is -2.49. The smallest absolute Gasteiger partial charge is 0.324 e. The van der Waals surface area contributed by atoms with E-state index in [1.54, 1.807) is 17.0 Å². The lowest BCUT2D eigenvalue weighted by Gasteiger charge is -2.36. The molecule has 1 saturated heterocycles. The summed E-state index contributed by atoms with van der Waals surface area (Å²) in [7, 11) is 5.71. The van der Waals surface area contributed by atoms with Crippen LogP contribution in [-0.2, 0) is 6.54 Å². The van der Waals surface area contributed by atoms with Gasteiger partial charge < -0.3 is 10.6 Å². The number of carbonyl (C=O) groups excluding carboxylic acids is 1. The number of amidine groups is 1. The third-order valence-corrected chi connectivity index (χ3v) is 4.13. The molecule has 5 nitrogen and oxygen atoms in total. The summed E-state index contributed by atoms with van der Waals surface area (Å²) in [6.45, 7) is 1.95. The molecule has 0 aliphatic carbocycles. The van der Waals surface area contributed by atoms with Crippen LogP contribution in [0.1, 0.15) is 17.5 Å². The number of urea groups is 1. The second kappa shape index (κ2) is 6.78. The number of hydrogen-bond acceptors (Lipinski definition) is 2. The number of rotatable bonds is 4. The van der Waals surface area contributed by atoms with Gasteiger partial charge in [0, 0.05) is 30.9 Å². The largest absolute Gasteiger partial charge is 0.384 e. The molecule has 6 heteroatoms. The van der Waals surface area contributed by atoms with Gasteiger partial charge in [0.05, 0.1) is 0 Å². The van der Waals surface area contributed by atoms with E-state index < -0.39 is 0 Å². The summed E-state index contributed by atoms with van der Waals surface area (Å²) in [5.74, 6) is 0.0000360. The van der Waals surface area contributed by atoms with Crippen LogP contribution < -0.4 is 16.1 Å². The Balaban J connectivity index is 1.78. The van der Waals surface area contributed by atoms with Gasteiger partial charge in [0.1, 0.15) is 13.7 Å². The van der Waals surface area contributed by atoms with E-state index in [-0.39, 0.29) is 11.9 Å². The second-order valence-electron chi connectivity index (χ2n) is 5.91. The fourth-order valence-electron chi connectivity index (χ4n) is 2.85. The molecule has 24 heavy (non-hydrogen) atoms. The summed E-state index contributed by atoms with van der Waals surface area (Å²) in [4.78, 5) is 16.4. The van der Waals surface area contributed by atoms with Crippen molar-refractivity contribution in [3.63, 3.8) is 0 Å². The first kappa shape index (κ1) is 16.1. The second-order valence-corrected chi connectivity index (χ2v) is 5.91. The molecule has 2 amide bonds. The van der Waals surface area contributed by atoms with Gasteiger partial charge in [-0.2, -0.15) is 0 Å². The zero-order valence-electron chi connectivity index (χ0n) is 13.4. The van der Waals surface area contributed by atoms with Crippen molar-refractivity contribution in [3.8, 4) is 0 Å². The number of anilines is 1. The van der Waals surface area contributed by atoms with E-state index in [1.807, 2.05) is 41.3 Å². The highest BCUT2D eigenvalue weighted by atomic mass is 16.2. The van der Waals surface area contributed by atoms with Gasteiger partial charge in [-0.1, -0.05) is 41.9 Å². The van der Waals surface area contributed by atoms with Gasteiger partial charge in [0.25, 0.3) is 0 Å². The molecular formula is C18H19BN4O. The van der Waals surface area contributed by atoms with Crippen molar-refractivity contribution in [1.82, 2.24) is 4.90 Å². The van der Waals surface area contributed by atoms with E-state index in [0.29, 0.717) is 24.1 Å². The lowest BCUT2D eigenvalue weighted by molar-refractivity contribution is 0.192. The van der Waals surface area contributed by atoms with Crippen LogP contribution in [0.5, 0.6) is 0 Å². The summed E-state index contributed by atoms with van der Waals surface area (Å²) in [6.07, 6.45) is 0.894. The Morgan fingerprint density at radius 2 is 1.92 bits per heavy atom. The number of amides is 2. The highest BCUT2D eigenvalue weighted by Crippen LogP contribution is 2.22. The van der Waals surface area contributed by atoms with Gasteiger partial charge >= 0.3 is 6.03 Å². The van der Waals surface area contributed by atoms with Crippen molar-refractivity contribution >= 4 is 30.9 Å².